The minimum absolute atomic E-state index is 0.278. The van der Waals surface area contributed by atoms with Crippen LogP contribution in [0.5, 0.6) is 0 Å². The lowest BCUT2D eigenvalue weighted by Gasteiger charge is -2.22. The molecule has 1 aromatic rings. The minimum atomic E-state index is -1.03. The predicted octanol–water partition coefficient (Wildman–Crippen LogP) is 0.387. The first-order valence-electron chi connectivity index (χ1n) is 3.57. The van der Waals surface area contributed by atoms with Crippen molar-refractivity contribution >= 4 is 0 Å². The van der Waals surface area contributed by atoms with E-state index < -0.39 is 11.4 Å². The van der Waals surface area contributed by atoms with Crippen LogP contribution in [0, 0.1) is 5.82 Å². The second kappa shape index (κ2) is 3.16. The largest absolute Gasteiger partial charge is 0.394 e. The zero-order chi connectivity index (χ0) is 9.19. The van der Waals surface area contributed by atoms with Crippen molar-refractivity contribution in [3.05, 3.63) is 29.8 Å². The lowest BCUT2D eigenvalue weighted by molar-refractivity contribution is 0.206. The quantitative estimate of drug-likeness (QED) is 0.674. The lowest BCUT2D eigenvalue weighted by Crippen LogP contribution is -2.37. The number of pyridine rings is 1. The van der Waals surface area contributed by atoms with Crippen molar-refractivity contribution in [3.8, 4) is 0 Å². The van der Waals surface area contributed by atoms with Gasteiger partial charge < -0.3 is 10.8 Å². The van der Waals surface area contributed by atoms with E-state index in [0.29, 0.717) is 0 Å². The summed E-state index contributed by atoms with van der Waals surface area (Å²) in [6.45, 7) is 1.26. The van der Waals surface area contributed by atoms with E-state index in [1.807, 2.05) is 0 Å². The van der Waals surface area contributed by atoms with Crippen molar-refractivity contribution in [3.63, 3.8) is 0 Å². The van der Waals surface area contributed by atoms with Crippen molar-refractivity contribution in [1.82, 2.24) is 4.98 Å². The molecule has 0 spiro atoms. The Balaban J connectivity index is 3.10. The number of nitrogens with two attached hydrogens (primary N) is 1. The maximum Gasteiger partial charge on any atom is 0.146 e. The summed E-state index contributed by atoms with van der Waals surface area (Å²) in [5, 5.41) is 8.86. The first-order valence-corrected chi connectivity index (χ1v) is 3.57. The molecule has 0 amide bonds. The van der Waals surface area contributed by atoms with Crippen LogP contribution < -0.4 is 5.73 Å². The lowest BCUT2D eigenvalue weighted by atomic mass is 9.95. The van der Waals surface area contributed by atoms with Crippen LogP contribution in [0.15, 0.2) is 18.5 Å². The Bertz CT molecular complexity index is 276. The van der Waals surface area contributed by atoms with E-state index in [-0.39, 0.29) is 12.2 Å². The molecule has 1 unspecified atom stereocenters. The second-order valence-corrected chi connectivity index (χ2v) is 2.93. The molecule has 0 aliphatic rings. The fraction of sp³-hybridized carbons (Fsp3) is 0.375. The zero-order valence-corrected chi connectivity index (χ0v) is 6.79. The number of rotatable bonds is 2. The van der Waals surface area contributed by atoms with E-state index in [4.69, 9.17) is 10.8 Å². The van der Waals surface area contributed by atoms with E-state index in [0.717, 1.165) is 6.20 Å². The average Bonchev–Trinajstić information content (AvgIpc) is 2.05. The van der Waals surface area contributed by atoms with E-state index in [1.165, 1.54) is 12.3 Å². The summed E-state index contributed by atoms with van der Waals surface area (Å²) in [5.74, 6) is -0.489. The van der Waals surface area contributed by atoms with Crippen molar-refractivity contribution in [2.75, 3.05) is 6.61 Å². The molecular formula is C8H11FN2O. The Kier molecular flexibility index (Phi) is 2.40. The Morgan fingerprint density at radius 1 is 1.75 bits per heavy atom. The summed E-state index contributed by atoms with van der Waals surface area (Å²) in [6.07, 6.45) is 2.52. The highest BCUT2D eigenvalue weighted by molar-refractivity contribution is 5.21. The maximum atomic E-state index is 13.0. The van der Waals surface area contributed by atoms with E-state index in [1.54, 1.807) is 6.92 Å². The molecule has 1 atom stereocenters. The van der Waals surface area contributed by atoms with E-state index in [9.17, 15) is 4.39 Å². The zero-order valence-electron chi connectivity index (χ0n) is 6.79. The van der Waals surface area contributed by atoms with Gasteiger partial charge in [0.1, 0.15) is 5.82 Å². The molecule has 0 aromatic carbocycles. The fourth-order valence-corrected chi connectivity index (χ4v) is 0.924. The van der Waals surface area contributed by atoms with Crippen LogP contribution in [0.4, 0.5) is 4.39 Å². The van der Waals surface area contributed by atoms with Crippen molar-refractivity contribution in [2.24, 2.45) is 5.73 Å². The van der Waals surface area contributed by atoms with Crippen LogP contribution in [0.25, 0.3) is 0 Å². The first-order chi connectivity index (χ1) is 5.58. The molecule has 0 fully saturated rings. The molecule has 0 saturated heterocycles. The molecule has 0 saturated carbocycles. The summed E-state index contributed by atoms with van der Waals surface area (Å²) in [6, 6.07) is 1.46. The molecule has 1 heterocycles. The van der Waals surface area contributed by atoms with Gasteiger partial charge in [-0.3, -0.25) is 4.98 Å². The second-order valence-electron chi connectivity index (χ2n) is 2.93. The van der Waals surface area contributed by atoms with Crippen LogP contribution in [-0.4, -0.2) is 16.7 Å². The van der Waals surface area contributed by atoms with Gasteiger partial charge >= 0.3 is 0 Å². The summed E-state index contributed by atoms with van der Waals surface area (Å²) >= 11 is 0. The van der Waals surface area contributed by atoms with Crippen LogP contribution >= 0.6 is 0 Å². The molecule has 3 N–H and O–H groups in total. The number of halogens is 1. The van der Waals surface area contributed by atoms with Crippen LogP contribution in [0.3, 0.4) is 0 Å². The smallest absolute Gasteiger partial charge is 0.146 e. The van der Waals surface area contributed by atoms with Crippen LogP contribution in [0.2, 0.25) is 0 Å². The van der Waals surface area contributed by atoms with E-state index in [2.05, 4.69) is 4.98 Å². The van der Waals surface area contributed by atoms with Crippen LogP contribution in [-0.2, 0) is 5.54 Å². The third-order valence-electron chi connectivity index (χ3n) is 1.72. The molecular weight excluding hydrogens is 159 g/mol. The molecule has 66 valence electrons. The topological polar surface area (TPSA) is 59.1 Å². The number of aromatic nitrogens is 1. The number of aliphatic hydroxyl groups excluding tert-OH is 1. The normalized spacial score (nSPS) is 15.7. The average molecular weight is 170 g/mol. The first kappa shape index (κ1) is 9.09. The van der Waals surface area contributed by atoms with Gasteiger partial charge in [0, 0.05) is 11.8 Å². The highest BCUT2D eigenvalue weighted by Crippen LogP contribution is 2.18. The number of nitrogens with zero attached hydrogens (tertiary/aromatic N) is 1. The van der Waals surface area contributed by atoms with Crippen molar-refractivity contribution in [1.29, 1.82) is 0 Å². The third kappa shape index (κ3) is 1.60. The number of hydrogen-bond donors (Lipinski definition) is 2. The Labute approximate surface area is 70.0 Å². The van der Waals surface area contributed by atoms with Crippen molar-refractivity contribution in [2.45, 2.75) is 12.5 Å². The highest BCUT2D eigenvalue weighted by Gasteiger charge is 2.23. The summed E-state index contributed by atoms with van der Waals surface area (Å²) in [5.41, 5.74) is 4.86. The number of hydrogen-bond acceptors (Lipinski definition) is 3. The third-order valence-corrected chi connectivity index (χ3v) is 1.72. The summed E-state index contributed by atoms with van der Waals surface area (Å²) in [4.78, 5) is 3.58. The molecule has 1 aromatic heterocycles. The standard InChI is InChI=1S/C8H11FN2O/c1-8(10,5-12)6-2-3-11-4-7(6)9/h2-4,12H,5,10H2,1H3. The van der Waals surface area contributed by atoms with Crippen molar-refractivity contribution < 1.29 is 9.50 Å². The Hall–Kier alpha value is -1.00. The monoisotopic (exact) mass is 170 g/mol. The molecule has 4 heteroatoms. The molecule has 0 aliphatic heterocycles. The van der Waals surface area contributed by atoms with Gasteiger partial charge in [-0.15, -0.1) is 0 Å². The molecule has 1 rings (SSSR count). The number of aliphatic hydroxyl groups is 1. The van der Waals surface area contributed by atoms with Gasteiger partial charge in [0.15, 0.2) is 0 Å². The fourth-order valence-electron chi connectivity index (χ4n) is 0.924. The summed E-state index contributed by atoms with van der Waals surface area (Å²) < 4.78 is 13.0. The van der Waals surface area contributed by atoms with E-state index >= 15 is 0 Å². The Morgan fingerprint density at radius 2 is 2.42 bits per heavy atom. The van der Waals surface area contributed by atoms with Gasteiger partial charge in [-0.2, -0.15) is 0 Å². The maximum absolute atomic E-state index is 13.0. The molecule has 0 aliphatic carbocycles. The predicted molar refractivity (Wildman–Crippen MR) is 42.8 cm³/mol. The molecule has 0 bridgehead atoms. The minimum Gasteiger partial charge on any atom is -0.394 e. The SMILES string of the molecule is CC(N)(CO)c1ccncc1F. The van der Waals surface area contributed by atoms with Gasteiger partial charge in [-0.1, -0.05) is 0 Å². The van der Waals surface area contributed by atoms with Gasteiger partial charge in [-0.05, 0) is 13.0 Å². The summed E-state index contributed by atoms with van der Waals surface area (Å²) in [7, 11) is 0. The molecule has 12 heavy (non-hydrogen) atoms. The van der Waals surface area contributed by atoms with Gasteiger partial charge in [-0.25, -0.2) is 4.39 Å². The van der Waals surface area contributed by atoms with Crippen LogP contribution in [0.1, 0.15) is 12.5 Å². The molecule has 3 nitrogen and oxygen atoms in total. The van der Waals surface area contributed by atoms with Gasteiger partial charge in [0.2, 0.25) is 0 Å². The molecule has 0 radical (unpaired) electrons. The van der Waals surface area contributed by atoms with Gasteiger partial charge in [0.25, 0.3) is 0 Å². The highest BCUT2D eigenvalue weighted by atomic mass is 19.1. The Morgan fingerprint density at radius 3 is 2.92 bits per heavy atom. The van der Waals surface area contributed by atoms with Gasteiger partial charge in [0.05, 0.1) is 18.3 Å².